The Morgan fingerprint density at radius 1 is 1.00 bits per heavy atom. The second kappa shape index (κ2) is 7.60. The second-order valence-corrected chi connectivity index (χ2v) is 7.10. The van der Waals surface area contributed by atoms with Crippen molar-refractivity contribution in [2.45, 2.75) is 13.3 Å². The summed E-state index contributed by atoms with van der Waals surface area (Å²) < 4.78 is 6.87. The van der Waals surface area contributed by atoms with Crippen molar-refractivity contribution in [3.63, 3.8) is 0 Å². The Labute approximate surface area is 161 Å². The van der Waals surface area contributed by atoms with Gasteiger partial charge in [0.15, 0.2) is 5.13 Å². The van der Waals surface area contributed by atoms with Gasteiger partial charge in [-0.25, -0.2) is 4.98 Å². The molecule has 4 aromatic rings. The third kappa shape index (κ3) is 3.99. The molecule has 1 amide bonds. The molecule has 0 spiro atoms. The quantitative estimate of drug-likeness (QED) is 0.473. The van der Waals surface area contributed by atoms with Crippen LogP contribution in [0.5, 0.6) is 11.5 Å². The lowest BCUT2D eigenvalue weighted by molar-refractivity contribution is 0.102. The monoisotopic (exact) mass is 374 g/mol. The van der Waals surface area contributed by atoms with E-state index in [4.69, 9.17) is 4.74 Å². The zero-order valence-electron chi connectivity index (χ0n) is 14.8. The van der Waals surface area contributed by atoms with Gasteiger partial charge in [0.1, 0.15) is 11.5 Å². The van der Waals surface area contributed by atoms with Crippen LogP contribution >= 0.6 is 11.3 Å². The van der Waals surface area contributed by atoms with E-state index >= 15 is 0 Å². The minimum absolute atomic E-state index is 0.205. The lowest BCUT2D eigenvalue weighted by atomic mass is 10.2. The number of hydrogen-bond donors (Lipinski definition) is 1. The normalized spacial score (nSPS) is 10.7. The Kier molecular flexibility index (Phi) is 4.85. The molecular formula is C22H18N2O2S. The van der Waals surface area contributed by atoms with Crippen molar-refractivity contribution in [3.8, 4) is 11.5 Å². The Balaban J connectivity index is 1.52. The van der Waals surface area contributed by atoms with Crippen molar-refractivity contribution in [3.05, 3.63) is 83.9 Å². The van der Waals surface area contributed by atoms with Crippen LogP contribution in [0.15, 0.2) is 72.8 Å². The molecule has 0 aliphatic rings. The Morgan fingerprint density at radius 2 is 1.81 bits per heavy atom. The molecule has 0 aliphatic carbocycles. The van der Waals surface area contributed by atoms with Crippen LogP contribution in [0.3, 0.4) is 0 Å². The van der Waals surface area contributed by atoms with Crippen molar-refractivity contribution in [2.75, 3.05) is 5.32 Å². The lowest BCUT2D eigenvalue weighted by Crippen LogP contribution is -2.11. The summed E-state index contributed by atoms with van der Waals surface area (Å²) >= 11 is 1.48. The molecule has 0 unspecified atom stereocenters. The SMILES string of the molecule is CCc1ccc2nc(NC(=O)c3cccc(Oc4ccccc4)c3)sc2c1. The minimum Gasteiger partial charge on any atom is -0.457 e. The Morgan fingerprint density at radius 3 is 2.63 bits per heavy atom. The van der Waals surface area contributed by atoms with Crippen LogP contribution in [0.2, 0.25) is 0 Å². The van der Waals surface area contributed by atoms with Crippen LogP contribution in [-0.4, -0.2) is 10.9 Å². The number of para-hydroxylation sites is 1. The molecule has 4 rings (SSSR count). The summed E-state index contributed by atoms with van der Waals surface area (Å²) in [4.78, 5) is 17.1. The number of amides is 1. The number of carbonyl (C=O) groups excluding carboxylic acids is 1. The predicted molar refractivity (Wildman–Crippen MR) is 110 cm³/mol. The first kappa shape index (κ1) is 17.2. The Hall–Kier alpha value is -3.18. The van der Waals surface area contributed by atoms with Gasteiger partial charge in [0, 0.05) is 5.56 Å². The molecule has 0 aliphatic heterocycles. The van der Waals surface area contributed by atoms with E-state index in [9.17, 15) is 4.79 Å². The molecule has 134 valence electrons. The van der Waals surface area contributed by atoms with E-state index in [1.54, 1.807) is 18.2 Å². The average molecular weight is 374 g/mol. The zero-order valence-corrected chi connectivity index (χ0v) is 15.6. The van der Waals surface area contributed by atoms with E-state index < -0.39 is 0 Å². The van der Waals surface area contributed by atoms with Gasteiger partial charge < -0.3 is 4.74 Å². The fraction of sp³-hybridized carbons (Fsp3) is 0.0909. The van der Waals surface area contributed by atoms with Crippen molar-refractivity contribution >= 4 is 32.6 Å². The zero-order chi connectivity index (χ0) is 18.6. The largest absolute Gasteiger partial charge is 0.457 e. The summed E-state index contributed by atoms with van der Waals surface area (Å²) in [5, 5.41) is 3.48. The summed E-state index contributed by atoms with van der Waals surface area (Å²) in [6.07, 6.45) is 0.976. The van der Waals surface area contributed by atoms with Crippen molar-refractivity contribution in [2.24, 2.45) is 0 Å². The highest BCUT2D eigenvalue weighted by Gasteiger charge is 2.11. The van der Waals surface area contributed by atoms with Crippen LogP contribution in [0, 0.1) is 0 Å². The van der Waals surface area contributed by atoms with E-state index in [0.29, 0.717) is 16.4 Å². The van der Waals surface area contributed by atoms with E-state index in [0.717, 1.165) is 22.4 Å². The van der Waals surface area contributed by atoms with E-state index in [1.807, 2.05) is 42.5 Å². The fourth-order valence-electron chi connectivity index (χ4n) is 2.74. The number of anilines is 1. The molecule has 0 fully saturated rings. The van der Waals surface area contributed by atoms with Crippen LogP contribution in [0.1, 0.15) is 22.8 Å². The number of aryl methyl sites for hydroxylation is 1. The number of nitrogens with one attached hydrogen (secondary N) is 1. The molecule has 1 N–H and O–H groups in total. The Bertz CT molecular complexity index is 1090. The first-order valence-corrected chi connectivity index (χ1v) is 9.57. The first-order chi connectivity index (χ1) is 13.2. The summed E-state index contributed by atoms with van der Waals surface area (Å²) in [5.41, 5.74) is 2.68. The topological polar surface area (TPSA) is 51.2 Å². The summed E-state index contributed by atoms with van der Waals surface area (Å²) in [6, 6.07) is 22.8. The maximum atomic E-state index is 12.6. The molecule has 0 bridgehead atoms. The second-order valence-electron chi connectivity index (χ2n) is 6.07. The van der Waals surface area contributed by atoms with Gasteiger partial charge in [-0.2, -0.15) is 0 Å². The molecular weight excluding hydrogens is 356 g/mol. The maximum Gasteiger partial charge on any atom is 0.257 e. The number of rotatable bonds is 5. The molecule has 0 saturated carbocycles. The van der Waals surface area contributed by atoms with Gasteiger partial charge in [-0.15, -0.1) is 0 Å². The van der Waals surface area contributed by atoms with E-state index in [-0.39, 0.29) is 5.91 Å². The highest BCUT2D eigenvalue weighted by atomic mass is 32.1. The third-order valence-electron chi connectivity index (χ3n) is 4.16. The molecule has 0 saturated heterocycles. The number of hydrogen-bond acceptors (Lipinski definition) is 4. The lowest BCUT2D eigenvalue weighted by Gasteiger charge is -2.07. The summed E-state index contributed by atoms with van der Waals surface area (Å²) in [5.74, 6) is 1.14. The molecule has 1 heterocycles. The average Bonchev–Trinajstić information content (AvgIpc) is 3.10. The molecule has 27 heavy (non-hydrogen) atoms. The van der Waals surface area contributed by atoms with Crippen LogP contribution in [-0.2, 0) is 6.42 Å². The predicted octanol–water partition coefficient (Wildman–Crippen LogP) is 5.90. The van der Waals surface area contributed by atoms with Gasteiger partial charge in [0.2, 0.25) is 0 Å². The van der Waals surface area contributed by atoms with Gasteiger partial charge in [0.25, 0.3) is 5.91 Å². The smallest absolute Gasteiger partial charge is 0.257 e. The van der Waals surface area contributed by atoms with Gasteiger partial charge in [-0.3, -0.25) is 10.1 Å². The number of fused-ring (bicyclic) bond motifs is 1. The summed E-state index contributed by atoms with van der Waals surface area (Å²) in [7, 11) is 0. The van der Waals surface area contributed by atoms with Gasteiger partial charge in [-0.1, -0.05) is 48.6 Å². The fourth-order valence-corrected chi connectivity index (χ4v) is 3.66. The van der Waals surface area contributed by atoms with Crippen LogP contribution < -0.4 is 10.1 Å². The van der Waals surface area contributed by atoms with Crippen molar-refractivity contribution in [1.82, 2.24) is 4.98 Å². The standard InChI is InChI=1S/C22H18N2O2S/c1-2-15-11-12-19-20(13-15)27-22(23-19)24-21(25)16-7-6-10-18(14-16)26-17-8-4-3-5-9-17/h3-14H,2H2,1H3,(H,23,24,25). The third-order valence-corrected chi connectivity index (χ3v) is 5.09. The molecule has 0 atom stereocenters. The molecule has 1 aromatic heterocycles. The molecule has 3 aromatic carbocycles. The van der Waals surface area contributed by atoms with Crippen molar-refractivity contribution < 1.29 is 9.53 Å². The number of carbonyl (C=O) groups is 1. The number of benzene rings is 3. The first-order valence-electron chi connectivity index (χ1n) is 8.75. The molecule has 0 radical (unpaired) electrons. The number of thiazole rings is 1. The van der Waals surface area contributed by atoms with Gasteiger partial charge >= 0.3 is 0 Å². The number of ether oxygens (including phenoxy) is 1. The summed E-state index contributed by atoms with van der Waals surface area (Å²) in [6.45, 7) is 2.12. The highest BCUT2D eigenvalue weighted by Crippen LogP contribution is 2.28. The highest BCUT2D eigenvalue weighted by molar-refractivity contribution is 7.22. The number of nitrogens with zero attached hydrogens (tertiary/aromatic N) is 1. The van der Waals surface area contributed by atoms with Gasteiger partial charge in [-0.05, 0) is 54.4 Å². The van der Waals surface area contributed by atoms with E-state index in [1.165, 1.54) is 16.9 Å². The van der Waals surface area contributed by atoms with Gasteiger partial charge in [0.05, 0.1) is 10.2 Å². The maximum absolute atomic E-state index is 12.6. The van der Waals surface area contributed by atoms with Crippen LogP contribution in [0.25, 0.3) is 10.2 Å². The minimum atomic E-state index is -0.205. The molecule has 4 nitrogen and oxygen atoms in total. The van der Waals surface area contributed by atoms with E-state index in [2.05, 4.69) is 29.4 Å². The van der Waals surface area contributed by atoms with Crippen LogP contribution in [0.4, 0.5) is 5.13 Å². The molecule has 5 heteroatoms. The van der Waals surface area contributed by atoms with Crippen molar-refractivity contribution in [1.29, 1.82) is 0 Å². The number of aromatic nitrogens is 1.